The van der Waals surface area contributed by atoms with Crippen molar-refractivity contribution in [3.8, 4) is 5.75 Å². The number of ether oxygens (including phenoxy) is 1. The largest absolute Gasteiger partial charge is 0.486 e. The summed E-state index contributed by atoms with van der Waals surface area (Å²) >= 11 is 0. The van der Waals surface area contributed by atoms with Crippen LogP contribution in [0.3, 0.4) is 0 Å². The highest BCUT2D eigenvalue weighted by molar-refractivity contribution is 5.73. The van der Waals surface area contributed by atoms with E-state index < -0.39 is 28.8 Å². The average Bonchev–Trinajstić information content (AvgIpc) is 2.27. The molecule has 0 fully saturated rings. The van der Waals surface area contributed by atoms with Gasteiger partial charge in [0.25, 0.3) is 0 Å². The van der Waals surface area contributed by atoms with Crippen LogP contribution in [0, 0.1) is 17.0 Å². The van der Waals surface area contributed by atoms with Crippen LogP contribution in [0.4, 0.5) is 8.78 Å². The van der Waals surface area contributed by atoms with Crippen LogP contribution in [0.5, 0.6) is 5.75 Å². The van der Waals surface area contributed by atoms with E-state index in [0.717, 1.165) is 12.1 Å². The summed E-state index contributed by atoms with van der Waals surface area (Å²) in [5.41, 5.74) is -0.773. The van der Waals surface area contributed by atoms with E-state index in [2.05, 4.69) is 5.32 Å². The fourth-order valence-corrected chi connectivity index (χ4v) is 1.37. The van der Waals surface area contributed by atoms with Crippen LogP contribution in [0.15, 0.2) is 12.1 Å². The monoisotopic (exact) mass is 273 g/mol. The highest BCUT2D eigenvalue weighted by atomic mass is 19.1. The SMILES string of the molecule is CNCc1cc(F)c(OCC(C)(C)C(=O)O)c(F)c1. The van der Waals surface area contributed by atoms with Gasteiger partial charge in [-0.15, -0.1) is 0 Å². The Morgan fingerprint density at radius 1 is 1.37 bits per heavy atom. The first kappa shape index (κ1) is 15.4. The normalized spacial score (nSPS) is 11.4. The fourth-order valence-electron chi connectivity index (χ4n) is 1.37. The van der Waals surface area contributed by atoms with Crippen molar-refractivity contribution in [1.82, 2.24) is 5.32 Å². The van der Waals surface area contributed by atoms with E-state index in [1.54, 1.807) is 7.05 Å². The second kappa shape index (κ2) is 5.97. The number of carboxylic acid groups (broad SMARTS) is 1. The van der Waals surface area contributed by atoms with Crippen molar-refractivity contribution in [2.24, 2.45) is 5.41 Å². The van der Waals surface area contributed by atoms with Gasteiger partial charge in [0.05, 0.1) is 5.41 Å². The number of aliphatic carboxylic acids is 1. The number of hydrogen-bond acceptors (Lipinski definition) is 3. The lowest BCUT2D eigenvalue weighted by Gasteiger charge is -2.20. The van der Waals surface area contributed by atoms with Gasteiger partial charge < -0.3 is 15.2 Å². The molecular formula is C13H17F2NO3. The van der Waals surface area contributed by atoms with Crippen LogP contribution in [0.2, 0.25) is 0 Å². The Morgan fingerprint density at radius 2 is 1.89 bits per heavy atom. The van der Waals surface area contributed by atoms with E-state index in [9.17, 15) is 13.6 Å². The van der Waals surface area contributed by atoms with E-state index in [0.29, 0.717) is 12.1 Å². The van der Waals surface area contributed by atoms with Crippen LogP contribution in [0.1, 0.15) is 19.4 Å². The Labute approximate surface area is 110 Å². The quantitative estimate of drug-likeness (QED) is 0.834. The summed E-state index contributed by atoms with van der Waals surface area (Å²) in [7, 11) is 1.66. The van der Waals surface area contributed by atoms with Crippen molar-refractivity contribution in [3.63, 3.8) is 0 Å². The minimum absolute atomic E-state index is 0.318. The second-order valence-corrected chi connectivity index (χ2v) is 4.90. The van der Waals surface area contributed by atoms with E-state index in [4.69, 9.17) is 9.84 Å². The third-order valence-electron chi connectivity index (χ3n) is 2.60. The summed E-state index contributed by atoms with van der Waals surface area (Å²) in [6.07, 6.45) is 0. The molecule has 4 nitrogen and oxygen atoms in total. The number of hydrogen-bond donors (Lipinski definition) is 2. The molecular weight excluding hydrogens is 256 g/mol. The Balaban J connectivity index is 2.88. The zero-order valence-electron chi connectivity index (χ0n) is 11.1. The van der Waals surface area contributed by atoms with Crippen LogP contribution in [-0.2, 0) is 11.3 Å². The molecule has 2 N–H and O–H groups in total. The maximum atomic E-state index is 13.7. The first-order valence-electron chi connectivity index (χ1n) is 5.76. The Kier molecular flexibility index (Phi) is 4.83. The molecule has 1 rings (SSSR count). The summed E-state index contributed by atoms with van der Waals surface area (Å²) in [5.74, 6) is -3.33. The van der Waals surface area contributed by atoms with Crippen LogP contribution < -0.4 is 10.1 Å². The highest BCUT2D eigenvalue weighted by Gasteiger charge is 2.29. The number of benzene rings is 1. The summed E-state index contributed by atoms with van der Waals surface area (Å²) in [4.78, 5) is 10.9. The van der Waals surface area contributed by atoms with Crippen LogP contribution in [-0.4, -0.2) is 24.7 Å². The van der Waals surface area contributed by atoms with Gasteiger partial charge in [-0.25, -0.2) is 8.78 Å². The number of nitrogens with one attached hydrogen (secondary N) is 1. The molecule has 0 aliphatic rings. The number of halogens is 2. The molecule has 0 radical (unpaired) electrons. The molecule has 0 amide bonds. The van der Waals surface area contributed by atoms with Gasteiger partial charge in [-0.1, -0.05) is 0 Å². The molecule has 0 heterocycles. The summed E-state index contributed by atoms with van der Waals surface area (Å²) < 4.78 is 32.3. The van der Waals surface area contributed by atoms with Crippen molar-refractivity contribution in [1.29, 1.82) is 0 Å². The van der Waals surface area contributed by atoms with Gasteiger partial charge in [0.2, 0.25) is 0 Å². The van der Waals surface area contributed by atoms with E-state index in [1.807, 2.05) is 0 Å². The average molecular weight is 273 g/mol. The predicted molar refractivity (Wildman–Crippen MR) is 66.0 cm³/mol. The fraction of sp³-hybridized carbons (Fsp3) is 0.462. The summed E-state index contributed by atoms with van der Waals surface area (Å²) in [5, 5.41) is 11.7. The molecule has 0 saturated heterocycles. The number of carboxylic acids is 1. The Morgan fingerprint density at radius 3 is 2.32 bits per heavy atom. The van der Waals surface area contributed by atoms with Crippen molar-refractivity contribution in [2.45, 2.75) is 20.4 Å². The molecule has 0 unspecified atom stereocenters. The maximum Gasteiger partial charge on any atom is 0.312 e. The standard InChI is InChI=1S/C13H17F2NO3/c1-13(2,12(17)18)7-19-11-9(14)4-8(6-16-3)5-10(11)15/h4-5,16H,6-7H2,1-3H3,(H,17,18). The summed E-state index contributed by atoms with van der Waals surface area (Å²) in [6.45, 7) is 2.84. The Hall–Kier alpha value is -1.69. The molecule has 0 atom stereocenters. The lowest BCUT2D eigenvalue weighted by Crippen LogP contribution is -2.31. The number of carbonyl (C=O) groups is 1. The maximum absolute atomic E-state index is 13.7. The molecule has 1 aromatic carbocycles. The molecule has 0 aromatic heterocycles. The lowest BCUT2D eigenvalue weighted by molar-refractivity contribution is -0.148. The molecule has 6 heteroatoms. The van der Waals surface area contributed by atoms with Gasteiger partial charge in [0.15, 0.2) is 17.4 Å². The third-order valence-corrected chi connectivity index (χ3v) is 2.60. The minimum Gasteiger partial charge on any atom is -0.486 e. The van der Waals surface area contributed by atoms with Crippen molar-refractivity contribution < 1.29 is 23.4 Å². The molecule has 1 aromatic rings. The van der Waals surface area contributed by atoms with Gasteiger partial charge in [0, 0.05) is 6.54 Å². The lowest BCUT2D eigenvalue weighted by atomic mass is 9.95. The zero-order valence-corrected chi connectivity index (χ0v) is 11.1. The summed E-state index contributed by atoms with van der Waals surface area (Å²) in [6, 6.07) is 2.31. The third kappa shape index (κ3) is 3.89. The van der Waals surface area contributed by atoms with Crippen LogP contribution in [0.25, 0.3) is 0 Å². The topological polar surface area (TPSA) is 58.6 Å². The Bertz CT molecular complexity index is 452. The van der Waals surface area contributed by atoms with E-state index in [1.165, 1.54) is 13.8 Å². The van der Waals surface area contributed by atoms with E-state index in [-0.39, 0.29) is 6.61 Å². The second-order valence-electron chi connectivity index (χ2n) is 4.90. The molecule has 106 valence electrons. The number of rotatable bonds is 6. The van der Waals surface area contributed by atoms with Gasteiger partial charge >= 0.3 is 5.97 Å². The highest BCUT2D eigenvalue weighted by Crippen LogP contribution is 2.26. The van der Waals surface area contributed by atoms with Gasteiger partial charge in [-0.3, -0.25) is 4.79 Å². The zero-order chi connectivity index (χ0) is 14.6. The van der Waals surface area contributed by atoms with Gasteiger partial charge in [-0.2, -0.15) is 0 Å². The predicted octanol–water partition coefficient (Wildman–Crippen LogP) is 2.17. The van der Waals surface area contributed by atoms with Gasteiger partial charge in [0.1, 0.15) is 6.61 Å². The molecule has 0 aliphatic carbocycles. The van der Waals surface area contributed by atoms with Crippen molar-refractivity contribution in [2.75, 3.05) is 13.7 Å². The smallest absolute Gasteiger partial charge is 0.312 e. The first-order chi connectivity index (χ1) is 8.77. The van der Waals surface area contributed by atoms with Crippen LogP contribution >= 0.6 is 0 Å². The van der Waals surface area contributed by atoms with Gasteiger partial charge in [-0.05, 0) is 38.6 Å². The molecule has 19 heavy (non-hydrogen) atoms. The van der Waals surface area contributed by atoms with Crippen molar-refractivity contribution >= 4 is 5.97 Å². The molecule has 0 spiro atoms. The van der Waals surface area contributed by atoms with E-state index >= 15 is 0 Å². The minimum atomic E-state index is -1.22. The van der Waals surface area contributed by atoms with Crippen molar-refractivity contribution in [3.05, 3.63) is 29.3 Å². The molecule has 0 bridgehead atoms. The molecule has 0 saturated carbocycles. The first-order valence-corrected chi connectivity index (χ1v) is 5.76. The molecule has 0 aliphatic heterocycles.